The van der Waals surface area contributed by atoms with Crippen LogP contribution in [0.2, 0.25) is 0 Å². The van der Waals surface area contributed by atoms with Crippen molar-refractivity contribution in [3.63, 3.8) is 0 Å². The second-order valence-electron chi connectivity index (χ2n) is 4.92. The molecule has 0 aliphatic carbocycles. The van der Waals surface area contributed by atoms with Crippen LogP contribution in [0, 0.1) is 0 Å². The second kappa shape index (κ2) is 6.43. The van der Waals surface area contributed by atoms with Crippen LogP contribution in [0.5, 0.6) is 0 Å². The highest BCUT2D eigenvalue weighted by Crippen LogP contribution is 2.18. The van der Waals surface area contributed by atoms with Crippen molar-refractivity contribution in [2.75, 3.05) is 31.1 Å². The van der Waals surface area contributed by atoms with Crippen molar-refractivity contribution in [3.05, 3.63) is 42.2 Å². The van der Waals surface area contributed by atoms with Crippen LogP contribution in [-0.2, 0) is 11.3 Å². The summed E-state index contributed by atoms with van der Waals surface area (Å²) in [4.78, 5) is 15.7. The molecule has 1 aromatic rings. The fraction of sp³-hybridized carbons (Fsp3) is 0.400. The third-order valence-electron chi connectivity index (χ3n) is 3.31. The quantitative estimate of drug-likeness (QED) is 0.856. The normalized spacial score (nSPS) is 15.1. The Hall–Kier alpha value is -2.01. The van der Waals surface area contributed by atoms with Gasteiger partial charge in [-0.2, -0.15) is 0 Å². The summed E-state index contributed by atoms with van der Waals surface area (Å²) in [6, 6.07) is 8.20. The minimum Gasteiger partial charge on any atom is -0.416 e. The van der Waals surface area contributed by atoms with Crippen LogP contribution >= 0.6 is 0 Å². The van der Waals surface area contributed by atoms with Gasteiger partial charge in [0, 0.05) is 38.4 Å². The minimum atomic E-state index is -0.312. The molecule has 5 nitrogen and oxygen atoms in total. The summed E-state index contributed by atoms with van der Waals surface area (Å²) < 4.78 is 5.02. The SMILES string of the molecule is C=C(C)OC(=O)N1CCN(c2cccc(CN)c2)CC1. The molecule has 1 amide bonds. The Balaban J connectivity index is 1.93. The number of nitrogens with zero attached hydrogens (tertiary/aromatic N) is 2. The van der Waals surface area contributed by atoms with Crippen LogP contribution in [0.15, 0.2) is 36.6 Å². The Labute approximate surface area is 119 Å². The lowest BCUT2D eigenvalue weighted by molar-refractivity contribution is 0.126. The van der Waals surface area contributed by atoms with Crippen molar-refractivity contribution < 1.29 is 9.53 Å². The third kappa shape index (κ3) is 3.51. The summed E-state index contributed by atoms with van der Waals surface area (Å²) in [5.74, 6) is 0.424. The van der Waals surface area contributed by atoms with E-state index < -0.39 is 0 Å². The highest BCUT2D eigenvalue weighted by Gasteiger charge is 2.22. The number of anilines is 1. The van der Waals surface area contributed by atoms with E-state index in [4.69, 9.17) is 10.5 Å². The number of allylic oxidation sites excluding steroid dienone is 1. The number of rotatable bonds is 3. The predicted octanol–water partition coefficient (Wildman–Crippen LogP) is 1.94. The maximum absolute atomic E-state index is 11.8. The van der Waals surface area contributed by atoms with E-state index in [9.17, 15) is 4.79 Å². The summed E-state index contributed by atoms with van der Waals surface area (Å²) in [5, 5.41) is 0. The van der Waals surface area contributed by atoms with Crippen LogP contribution in [0.25, 0.3) is 0 Å². The van der Waals surface area contributed by atoms with Gasteiger partial charge in [0.15, 0.2) is 0 Å². The fourth-order valence-corrected chi connectivity index (χ4v) is 2.24. The average Bonchev–Trinajstić information content (AvgIpc) is 2.47. The number of amides is 1. The van der Waals surface area contributed by atoms with E-state index in [1.807, 2.05) is 12.1 Å². The van der Waals surface area contributed by atoms with Gasteiger partial charge in [-0.1, -0.05) is 18.7 Å². The van der Waals surface area contributed by atoms with E-state index in [0.29, 0.717) is 25.4 Å². The number of carbonyl (C=O) groups is 1. The van der Waals surface area contributed by atoms with Crippen molar-refractivity contribution in [2.45, 2.75) is 13.5 Å². The molecule has 0 radical (unpaired) electrons. The highest BCUT2D eigenvalue weighted by atomic mass is 16.6. The van der Waals surface area contributed by atoms with Gasteiger partial charge in [0.05, 0.1) is 5.76 Å². The number of benzene rings is 1. The van der Waals surface area contributed by atoms with E-state index >= 15 is 0 Å². The van der Waals surface area contributed by atoms with Gasteiger partial charge in [0.1, 0.15) is 0 Å². The molecule has 0 saturated carbocycles. The molecule has 0 spiro atoms. The van der Waals surface area contributed by atoms with E-state index in [-0.39, 0.29) is 6.09 Å². The summed E-state index contributed by atoms with van der Waals surface area (Å²) in [5.41, 5.74) is 7.93. The minimum absolute atomic E-state index is 0.312. The van der Waals surface area contributed by atoms with Crippen LogP contribution in [0.3, 0.4) is 0 Å². The van der Waals surface area contributed by atoms with Crippen molar-refractivity contribution >= 4 is 11.8 Å². The van der Waals surface area contributed by atoms with Crippen molar-refractivity contribution in [1.82, 2.24) is 4.90 Å². The van der Waals surface area contributed by atoms with Crippen LogP contribution in [0.1, 0.15) is 12.5 Å². The Morgan fingerprint density at radius 1 is 1.35 bits per heavy atom. The summed E-state index contributed by atoms with van der Waals surface area (Å²) >= 11 is 0. The van der Waals surface area contributed by atoms with Crippen LogP contribution in [-0.4, -0.2) is 37.2 Å². The molecule has 20 heavy (non-hydrogen) atoms. The smallest absolute Gasteiger partial charge is 0.414 e. The van der Waals surface area contributed by atoms with E-state index in [1.54, 1.807) is 11.8 Å². The van der Waals surface area contributed by atoms with E-state index in [2.05, 4.69) is 23.6 Å². The predicted molar refractivity (Wildman–Crippen MR) is 79.4 cm³/mol. The maximum atomic E-state index is 11.8. The van der Waals surface area contributed by atoms with Gasteiger partial charge in [-0.25, -0.2) is 4.79 Å². The van der Waals surface area contributed by atoms with Gasteiger partial charge in [0.2, 0.25) is 0 Å². The third-order valence-corrected chi connectivity index (χ3v) is 3.31. The number of carbonyl (C=O) groups excluding carboxylic acids is 1. The van der Waals surface area contributed by atoms with Crippen molar-refractivity contribution in [3.8, 4) is 0 Å². The zero-order chi connectivity index (χ0) is 14.5. The number of ether oxygens (including phenoxy) is 1. The molecule has 0 aromatic heterocycles. The first-order valence-electron chi connectivity index (χ1n) is 6.76. The molecule has 5 heteroatoms. The molecule has 0 atom stereocenters. The molecule has 2 N–H and O–H groups in total. The van der Waals surface area contributed by atoms with E-state index in [0.717, 1.165) is 24.3 Å². The maximum Gasteiger partial charge on any atom is 0.414 e. The molecular weight excluding hydrogens is 254 g/mol. The molecule has 1 saturated heterocycles. The number of hydrogen-bond donors (Lipinski definition) is 1. The highest BCUT2D eigenvalue weighted by molar-refractivity contribution is 5.69. The summed E-state index contributed by atoms with van der Waals surface area (Å²) in [6.07, 6.45) is -0.312. The van der Waals surface area contributed by atoms with E-state index in [1.165, 1.54) is 0 Å². The lowest BCUT2D eigenvalue weighted by Crippen LogP contribution is -2.48. The Kier molecular flexibility index (Phi) is 4.63. The van der Waals surface area contributed by atoms with Gasteiger partial charge >= 0.3 is 6.09 Å². The van der Waals surface area contributed by atoms with Gasteiger partial charge < -0.3 is 20.3 Å². The fourth-order valence-electron chi connectivity index (χ4n) is 2.24. The first-order valence-corrected chi connectivity index (χ1v) is 6.76. The second-order valence-corrected chi connectivity index (χ2v) is 4.92. The van der Waals surface area contributed by atoms with Crippen molar-refractivity contribution in [1.29, 1.82) is 0 Å². The summed E-state index contributed by atoms with van der Waals surface area (Å²) in [6.45, 7) is 8.68. The number of hydrogen-bond acceptors (Lipinski definition) is 4. The Morgan fingerprint density at radius 3 is 2.65 bits per heavy atom. The average molecular weight is 275 g/mol. The monoisotopic (exact) mass is 275 g/mol. The first-order chi connectivity index (χ1) is 9.60. The number of nitrogens with two attached hydrogens (primary N) is 1. The molecule has 0 bridgehead atoms. The first kappa shape index (κ1) is 14.4. The Bertz CT molecular complexity index is 494. The molecule has 1 aliphatic rings. The molecular formula is C15H21N3O2. The zero-order valence-corrected chi connectivity index (χ0v) is 11.8. The molecule has 1 heterocycles. The van der Waals surface area contributed by atoms with Crippen LogP contribution in [0.4, 0.5) is 10.5 Å². The topological polar surface area (TPSA) is 58.8 Å². The lowest BCUT2D eigenvalue weighted by Gasteiger charge is -2.35. The van der Waals surface area contributed by atoms with Gasteiger partial charge in [-0.05, 0) is 24.6 Å². The molecule has 2 rings (SSSR count). The molecule has 1 aliphatic heterocycles. The van der Waals surface area contributed by atoms with Crippen molar-refractivity contribution in [2.24, 2.45) is 5.73 Å². The van der Waals surface area contributed by atoms with Gasteiger partial charge in [-0.15, -0.1) is 0 Å². The molecule has 1 fully saturated rings. The standard InChI is InChI=1S/C15H21N3O2/c1-12(2)20-15(19)18-8-6-17(7-9-18)14-5-3-4-13(10-14)11-16/h3-5,10H,1,6-9,11,16H2,2H3. The Morgan fingerprint density at radius 2 is 2.05 bits per heavy atom. The molecule has 0 unspecified atom stereocenters. The van der Waals surface area contributed by atoms with Crippen LogP contribution < -0.4 is 10.6 Å². The largest absolute Gasteiger partial charge is 0.416 e. The molecule has 1 aromatic carbocycles. The molecule has 108 valence electrons. The summed E-state index contributed by atoms with van der Waals surface area (Å²) in [7, 11) is 0. The lowest BCUT2D eigenvalue weighted by atomic mass is 10.1. The van der Waals surface area contributed by atoms with Gasteiger partial charge in [0.25, 0.3) is 0 Å². The zero-order valence-electron chi connectivity index (χ0n) is 11.8. The van der Waals surface area contributed by atoms with Gasteiger partial charge in [-0.3, -0.25) is 0 Å². The number of piperazine rings is 1.